The number of carbonyl (C=O) groups excluding carboxylic acids is 1. The van der Waals surface area contributed by atoms with E-state index in [4.69, 9.17) is 5.73 Å². The summed E-state index contributed by atoms with van der Waals surface area (Å²) in [7, 11) is 0. The van der Waals surface area contributed by atoms with Crippen LogP contribution in [0.25, 0.3) is 0 Å². The van der Waals surface area contributed by atoms with Gasteiger partial charge in [0.15, 0.2) is 0 Å². The summed E-state index contributed by atoms with van der Waals surface area (Å²) in [5.74, 6) is 0.0522. The molecule has 4 nitrogen and oxygen atoms in total. The summed E-state index contributed by atoms with van der Waals surface area (Å²) < 4.78 is 0. The van der Waals surface area contributed by atoms with E-state index in [0.29, 0.717) is 17.4 Å². The SMILES string of the molecule is CC1(C)CC(CC(N)=O)CC(C)(C)[NH+]1O.[Cl-]. The number of nitrogens with two attached hydrogens (primary N) is 1. The molecule has 0 unspecified atom stereocenters. The number of piperidine rings is 1. The summed E-state index contributed by atoms with van der Waals surface area (Å²) in [6.45, 7) is 8.10. The lowest BCUT2D eigenvalue weighted by Crippen LogP contribution is -3.25. The fraction of sp³-hybridized carbons (Fsp3) is 0.909. The molecule has 0 atom stereocenters. The number of carbonyl (C=O) groups is 1. The predicted octanol–water partition coefficient (Wildman–Crippen LogP) is -2.89. The smallest absolute Gasteiger partial charge is 0.217 e. The fourth-order valence-electron chi connectivity index (χ4n) is 3.05. The van der Waals surface area contributed by atoms with E-state index >= 15 is 0 Å². The van der Waals surface area contributed by atoms with Crippen LogP contribution >= 0.6 is 0 Å². The summed E-state index contributed by atoms with van der Waals surface area (Å²) in [5.41, 5.74) is 4.81. The number of nitrogens with one attached hydrogen (secondary N) is 1. The molecule has 96 valence electrons. The van der Waals surface area contributed by atoms with Crippen LogP contribution in [0, 0.1) is 5.92 Å². The van der Waals surface area contributed by atoms with Gasteiger partial charge in [0.05, 0.1) is 0 Å². The first kappa shape index (κ1) is 15.7. The Balaban J connectivity index is 0.00000225. The van der Waals surface area contributed by atoms with E-state index in [1.54, 1.807) is 0 Å². The highest BCUT2D eigenvalue weighted by Crippen LogP contribution is 2.30. The minimum atomic E-state index is -0.243. The number of amides is 1. The van der Waals surface area contributed by atoms with Crippen molar-refractivity contribution in [1.82, 2.24) is 0 Å². The third kappa shape index (κ3) is 3.34. The third-order valence-corrected chi connectivity index (χ3v) is 3.37. The molecule has 0 aromatic carbocycles. The van der Waals surface area contributed by atoms with Gasteiger partial charge in [-0.05, 0) is 33.6 Å². The number of hydrogen-bond acceptors (Lipinski definition) is 2. The lowest BCUT2D eigenvalue weighted by molar-refractivity contribution is -1.16. The number of primary amides is 1. The van der Waals surface area contributed by atoms with Gasteiger partial charge in [-0.3, -0.25) is 4.79 Å². The van der Waals surface area contributed by atoms with Crippen molar-refractivity contribution in [3.05, 3.63) is 0 Å². The Morgan fingerprint density at radius 2 is 1.69 bits per heavy atom. The summed E-state index contributed by atoms with van der Waals surface area (Å²) >= 11 is 0. The minimum absolute atomic E-state index is 0. The molecular formula is C11H23ClN2O2. The van der Waals surface area contributed by atoms with E-state index in [1.807, 2.05) is 27.7 Å². The van der Waals surface area contributed by atoms with Crippen molar-refractivity contribution in [2.75, 3.05) is 0 Å². The first-order valence-electron chi connectivity index (χ1n) is 5.50. The van der Waals surface area contributed by atoms with E-state index < -0.39 is 0 Å². The van der Waals surface area contributed by atoms with Crippen LogP contribution in [0.5, 0.6) is 0 Å². The van der Waals surface area contributed by atoms with Crippen LogP contribution in [0.2, 0.25) is 0 Å². The summed E-state index contributed by atoms with van der Waals surface area (Å²) in [6.07, 6.45) is 2.11. The molecular weight excluding hydrogens is 228 g/mol. The van der Waals surface area contributed by atoms with E-state index in [1.165, 1.54) is 0 Å². The van der Waals surface area contributed by atoms with Crippen LogP contribution in [-0.4, -0.2) is 22.2 Å². The molecule has 0 saturated carbocycles. The van der Waals surface area contributed by atoms with Gasteiger partial charge >= 0.3 is 0 Å². The second-order valence-corrected chi connectivity index (χ2v) is 6.06. The van der Waals surface area contributed by atoms with Crippen molar-refractivity contribution >= 4 is 5.91 Å². The van der Waals surface area contributed by atoms with Crippen molar-refractivity contribution in [3.63, 3.8) is 0 Å². The second-order valence-electron chi connectivity index (χ2n) is 6.06. The lowest BCUT2D eigenvalue weighted by atomic mass is 9.74. The summed E-state index contributed by atoms with van der Waals surface area (Å²) in [5, 5.41) is 10.7. The molecule has 5 heteroatoms. The zero-order valence-electron chi connectivity index (χ0n) is 10.5. The van der Waals surface area contributed by atoms with Gasteiger partial charge in [-0.2, -0.15) is 5.06 Å². The predicted molar refractivity (Wildman–Crippen MR) is 57.4 cm³/mol. The van der Waals surface area contributed by atoms with Crippen LogP contribution in [-0.2, 0) is 4.79 Å². The topological polar surface area (TPSA) is 67.8 Å². The Hall–Kier alpha value is -0.320. The number of hydroxylamine groups is 2. The number of hydrogen-bond donors (Lipinski definition) is 3. The Morgan fingerprint density at radius 1 is 1.31 bits per heavy atom. The number of rotatable bonds is 2. The zero-order valence-corrected chi connectivity index (χ0v) is 11.3. The highest BCUT2D eigenvalue weighted by Gasteiger charge is 2.49. The van der Waals surface area contributed by atoms with Crippen molar-refractivity contribution in [1.29, 1.82) is 0 Å². The maximum atomic E-state index is 10.9. The molecule has 1 heterocycles. The fourth-order valence-corrected chi connectivity index (χ4v) is 3.05. The van der Waals surface area contributed by atoms with Crippen LogP contribution in [0.1, 0.15) is 47.0 Å². The highest BCUT2D eigenvalue weighted by atomic mass is 35.5. The molecule has 0 aromatic heterocycles. The highest BCUT2D eigenvalue weighted by molar-refractivity contribution is 5.74. The minimum Gasteiger partial charge on any atom is -1.00 e. The second kappa shape index (κ2) is 4.90. The maximum Gasteiger partial charge on any atom is 0.217 e. The monoisotopic (exact) mass is 250 g/mol. The summed E-state index contributed by atoms with van der Waals surface area (Å²) in [4.78, 5) is 10.9. The Kier molecular flexibility index (Phi) is 4.80. The summed E-state index contributed by atoms with van der Waals surface area (Å²) in [6, 6.07) is 0. The average molecular weight is 251 g/mol. The van der Waals surface area contributed by atoms with Gasteiger partial charge in [0.1, 0.15) is 11.1 Å². The third-order valence-electron chi connectivity index (χ3n) is 3.37. The molecule has 1 aliphatic heterocycles. The Labute approximate surface area is 104 Å². The maximum absolute atomic E-state index is 10.9. The first-order valence-corrected chi connectivity index (χ1v) is 5.50. The van der Waals surface area contributed by atoms with Crippen molar-refractivity contribution in [2.24, 2.45) is 11.7 Å². The molecule has 4 N–H and O–H groups in total. The molecule has 0 radical (unpaired) electrons. The van der Waals surface area contributed by atoms with Gasteiger partial charge in [0.2, 0.25) is 5.91 Å². The molecule has 1 aliphatic rings. The molecule has 1 fully saturated rings. The number of quaternary nitrogens is 1. The van der Waals surface area contributed by atoms with Gasteiger partial charge in [0.25, 0.3) is 0 Å². The van der Waals surface area contributed by atoms with Gasteiger partial charge in [-0.25, -0.2) is 5.21 Å². The molecule has 0 bridgehead atoms. The van der Waals surface area contributed by atoms with Crippen LogP contribution in [0.3, 0.4) is 0 Å². The molecule has 0 aliphatic carbocycles. The molecule has 1 amide bonds. The van der Waals surface area contributed by atoms with Crippen molar-refractivity contribution < 1.29 is 27.5 Å². The molecule has 0 aromatic rings. The van der Waals surface area contributed by atoms with E-state index in [-0.39, 0.29) is 29.4 Å². The van der Waals surface area contributed by atoms with E-state index in [9.17, 15) is 10.0 Å². The molecule has 0 spiro atoms. The van der Waals surface area contributed by atoms with Crippen molar-refractivity contribution in [3.8, 4) is 0 Å². The Bertz CT molecular complexity index is 249. The van der Waals surface area contributed by atoms with Gasteiger partial charge in [0, 0.05) is 19.3 Å². The van der Waals surface area contributed by atoms with Gasteiger partial charge in [-0.1, -0.05) is 0 Å². The molecule has 16 heavy (non-hydrogen) atoms. The van der Waals surface area contributed by atoms with Gasteiger partial charge in [-0.15, -0.1) is 0 Å². The van der Waals surface area contributed by atoms with E-state index in [0.717, 1.165) is 12.8 Å². The molecule has 1 saturated heterocycles. The number of halogens is 1. The van der Waals surface area contributed by atoms with E-state index in [2.05, 4.69) is 0 Å². The largest absolute Gasteiger partial charge is 1.00 e. The van der Waals surface area contributed by atoms with Crippen LogP contribution in [0.15, 0.2) is 0 Å². The lowest BCUT2D eigenvalue weighted by Gasteiger charge is -2.47. The Morgan fingerprint density at radius 3 is 2.00 bits per heavy atom. The first-order chi connectivity index (χ1) is 6.65. The van der Waals surface area contributed by atoms with Crippen LogP contribution < -0.4 is 23.2 Å². The molecule has 1 rings (SSSR count). The zero-order chi connectivity index (χ0) is 11.9. The van der Waals surface area contributed by atoms with Crippen molar-refractivity contribution in [2.45, 2.75) is 58.0 Å². The quantitative estimate of drug-likeness (QED) is 0.493. The van der Waals surface area contributed by atoms with Gasteiger partial charge < -0.3 is 18.1 Å². The van der Waals surface area contributed by atoms with Crippen LogP contribution in [0.4, 0.5) is 0 Å². The average Bonchev–Trinajstić information content (AvgIpc) is 1.97. The normalized spacial score (nSPS) is 31.6. The standard InChI is InChI=1S/C11H22N2O2.ClH/c1-10(2)6-8(5-9(12)14)7-11(3,4)13(10)15;/h8,15H,5-7H2,1-4H3,(H2,12,14);1H.